The van der Waals surface area contributed by atoms with Gasteiger partial charge in [0.05, 0.1) is 20.3 Å². The molecule has 0 heterocycles. The van der Waals surface area contributed by atoms with E-state index in [1.54, 1.807) is 14.2 Å². The van der Waals surface area contributed by atoms with E-state index in [0.717, 1.165) is 42.7 Å². The number of carboxylic acid groups (broad SMARTS) is 3. The number of aliphatic hydroxyl groups excluding tert-OH is 2. The van der Waals surface area contributed by atoms with Crippen LogP contribution in [0.5, 0.6) is 11.5 Å². The van der Waals surface area contributed by atoms with Crippen LogP contribution in [0, 0.1) is 11.3 Å². The van der Waals surface area contributed by atoms with Gasteiger partial charge in [0.2, 0.25) is 0 Å². The molecule has 2 aromatic rings. The fourth-order valence-corrected chi connectivity index (χ4v) is 5.04. The lowest BCUT2D eigenvalue weighted by Gasteiger charge is -2.18. The van der Waals surface area contributed by atoms with Gasteiger partial charge in [0.15, 0.2) is 12.2 Å². The normalized spacial score (nSPS) is 24.8. The maximum atomic E-state index is 11.1. The van der Waals surface area contributed by atoms with Crippen LogP contribution >= 0.6 is 12.4 Å². The molecular weight excluding hydrogens is 598 g/mol. The molecule has 0 radical (unpaired) electrons. The van der Waals surface area contributed by atoms with E-state index in [4.69, 9.17) is 51.7 Å². The van der Waals surface area contributed by atoms with Crippen LogP contribution in [0.15, 0.2) is 48.5 Å². The fraction of sp³-hybridized carbons (Fsp3) is 0.467. The topological polar surface area (TPSA) is 247 Å². The Balaban J connectivity index is 0.000000338. The number of nitrogens with zero attached hydrogens (tertiary/aromatic N) is 1. The molecule has 0 amide bonds. The van der Waals surface area contributed by atoms with Crippen LogP contribution in [0.1, 0.15) is 61.5 Å². The van der Waals surface area contributed by atoms with Crippen molar-refractivity contribution in [2.45, 2.75) is 73.6 Å². The number of methoxy groups -OCH3 is 2. The lowest BCUT2D eigenvalue weighted by molar-refractivity contribution is -0.165. The zero-order valence-electron chi connectivity index (χ0n) is 24.5. The second kappa shape index (κ2) is 16.8. The van der Waals surface area contributed by atoms with E-state index in [9.17, 15) is 14.4 Å². The lowest BCUT2D eigenvalue weighted by Crippen LogP contribution is -2.45. The van der Waals surface area contributed by atoms with Gasteiger partial charge >= 0.3 is 17.9 Å². The first kappa shape index (κ1) is 38.1. The molecule has 2 saturated carbocycles. The van der Waals surface area contributed by atoms with Crippen molar-refractivity contribution >= 4 is 30.3 Å². The van der Waals surface area contributed by atoms with Gasteiger partial charge in [-0.05, 0) is 85.8 Å². The quantitative estimate of drug-likeness (QED) is 0.220. The molecule has 2 fully saturated rings. The number of aliphatic hydroxyl groups is 2. The van der Waals surface area contributed by atoms with Crippen molar-refractivity contribution in [3.63, 3.8) is 0 Å². The van der Waals surface area contributed by atoms with Crippen LogP contribution < -0.4 is 20.9 Å². The van der Waals surface area contributed by atoms with Gasteiger partial charge in [-0.1, -0.05) is 24.3 Å². The van der Waals surface area contributed by atoms with Crippen molar-refractivity contribution in [2.75, 3.05) is 14.2 Å². The van der Waals surface area contributed by atoms with Gasteiger partial charge in [-0.25, -0.2) is 9.59 Å². The van der Waals surface area contributed by atoms with Crippen LogP contribution in [0.4, 0.5) is 0 Å². The van der Waals surface area contributed by atoms with Gasteiger partial charge < -0.3 is 46.5 Å². The van der Waals surface area contributed by atoms with Gasteiger partial charge in [-0.2, -0.15) is 5.26 Å². The van der Waals surface area contributed by atoms with Crippen LogP contribution in [0.2, 0.25) is 0 Å². The molecule has 14 heteroatoms. The zero-order chi connectivity index (χ0) is 32.4. The predicted molar refractivity (Wildman–Crippen MR) is 161 cm³/mol. The number of hydrogen-bond acceptors (Lipinski definition) is 10. The smallest absolute Gasteiger partial charge is 0.335 e. The number of aliphatic carboxylic acids is 3. The van der Waals surface area contributed by atoms with Gasteiger partial charge in [-0.15, -0.1) is 12.4 Å². The van der Waals surface area contributed by atoms with Gasteiger partial charge in [0.1, 0.15) is 22.6 Å². The number of halogens is 1. The number of carboxylic acids is 3. The Kier molecular flexibility index (Phi) is 14.5. The minimum absolute atomic E-state index is 0. The van der Waals surface area contributed by atoms with E-state index >= 15 is 0 Å². The maximum absolute atomic E-state index is 11.1. The van der Waals surface area contributed by atoms with Crippen molar-refractivity contribution in [3.8, 4) is 17.6 Å². The summed E-state index contributed by atoms with van der Waals surface area (Å²) in [4.78, 5) is 30.6. The zero-order valence-corrected chi connectivity index (χ0v) is 25.3. The Labute approximate surface area is 261 Å². The molecule has 0 unspecified atom stereocenters. The third-order valence-corrected chi connectivity index (χ3v) is 7.73. The van der Waals surface area contributed by atoms with Crippen molar-refractivity contribution in [1.29, 1.82) is 5.26 Å². The van der Waals surface area contributed by atoms with E-state index in [2.05, 4.69) is 18.2 Å². The van der Waals surface area contributed by atoms with Gasteiger partial charge in [0, 0.05) is 0 Å². The van der Waals surface area contributed by atoms with E-state index in [0.29, 0.717) is 18.8 Å². The van der Waals surface area contributed by atoms with Gasteiger partial charge in [0.25, 0.3) is 0 Å². The average Bonchev–Trinajstić information content (AvgIpc) is 3.61. The highest BCUT2D eigenvalue weighted by Crippen LogP contribution is 2.40. The first-order valence-electron chi connectivity index (χ1n) is 13.5. The molecule has 6 atom stereocenters. The first-order chi connectivity index (χ1) is 20.2. The Morgan fingerprint density at radius 1 is 0.795 bits per heavy atom. The molecule has 0 spiro atoms. The third kappa shape index (κ3) is 10.4. The second-order valence-electron chi connectivity index (χ2n) is 10.7. The number of nitrogens with two attached hydrogens (primary N) is 2. The highest BCUT2D eigenvalue weighted by atomic mass is 35.5. The standard InChI is InChI=1S/C13H16N2O.C13H17NO3.C4H6O6.ClH/c1-16-12-4-2-10(3-5-12)11-6-7-13(15,8-11)9-14;1-17-11-4-2-9(3-5-11)10-6-7-13(14,8-10)12(15)16;5-1(3(7)8)2(6)4(9)10;/h2-5,11H,6-8,15H2,1H3;2-5,10H,6-8,14H2,1H3,(H,15,16);1-2,5-6H,(H,7,8)(H,9,10);1H/t11-,13-;10-,13-;1-,2-;/m111./s1. The minimum atomic E-state index is -2.27. The summed E-state index contributed by atoms with van der Waals surface area (Å²) in [5.74, 6) is -2.11. The van der Waals surface area contributed by atoms with E-state index in [1.165, 1.54) is 5.56 Å². The maximum Gasteiger partial charge on any atom is 0.335 e. The van der Waals surface area contributed by atoms with Crippen LogP contribution in [-0.4, -0.2) is 80.9 Å². The molecule has 0 aromatic heterocycles. The number of ether oxygens (including phenoxy) is 2. The molecule has 2 aliphatic carbocycles. The Hall–Kier alpha value is -3.93. The molecule has 0 saturated heterocycles. The highest BCUT2D eigenvalue weighted by molar-refractivity contribution is 5.85. The van der Waals surface area contributed by atoms with Crippen molar-refractivity contribution in [1.82, 2.24) is 0 Å². The molecule has 0 bridgehead atoms. The number of carbonyl (C=O) groups is 3. The Morgan fingerprint density at radius 2 is 1.18 bits per heavy atom. The number of nitriles is 1. The predicted octanol–water partition coefficient (Wildman–Crippen LogP) is 2.23. The number of rotatable bonds is 8. The summed E-state index contributed by atoms with van der Waals surface area (Å²) in [5.41, 5.74) is 12.5. The third-order valence-electron chi connectivity index (χ3n) is 7.73. The van der Waals surface area contributed by atoms with Gasteiger partial charge in [-0.3, -0.25) is 4.79 Å². The lowest BCUT2D eigenvalue weighted by atomic mass is 9.93. The minimum Gasteiger partial charge on any atom is -0.497 e. The SMILES string of the molecule is COc1ccc([C@@H]2CC[C@](N)(C#N)C2)cc1.COc1ccc([C@@H]2CC[C@](N)(C(=O)O)C2)cc1.Cl.O=C(O)[C@H](O)[C@@H](O)C(=O)O. The fourth-order valence-electron chi connectivity index (χ4n) is 5.04. The summed E-state index contributed by atoms with van der Waals surface area (Å²) < 4.78 is 10.2. The van der Waals surface area contributed by atoms with Crippen LogP contribution in [0.3, 0.4) is 0 Å². The molecule has 13 nitrogen and oxygen atoms in total. The second-order valence-corrected chi connectivity index (χ2v) is 10.7. The average molecular weight is 638 g/mol. The van der Waals surface area contributed by atoms with Crippen molar-refractivity contribution in [3.05, 3.63) is 59.7 Å². The molecule has 0 aliphatic heterocycles. The molecule has 4 rings (SSSR count). The Bertz CT molecular complexity index is 1270. The molecular formula is C30H40ClN3O10. The molecule has 44 heavy (non-hydrogen) atoms. The molecule has 2 aliphatic rings. The summed E-state index contributed by atoms with van der Waals surface area (Å²) in [6.07, 6.45) is -0.107. The number of hydrogen-bond donors (Lipinski definition) is 7. The van der Waals surface area contributed by atoms with E-state index in [-0.39, 0.29) is 18.3 Å². The Morgan fingerprint density at radius 3 is 1.48 bits per heavy atom. The largest absolute Gasteiger partial charge is 0.497 e. The van der Waals surface area contributed by atoms with Crippen LogP contribution in [0.25, 0.3) is 0 Å². The van der Waals surface area contributed by atoms with E-state index in [1.807, 2.05) is 36.4 Å². The van der Waals surface area contributed by atoms with E-state index < -0.39 is 41.2 Å². The summed E-state index contributed by atoms with van der Waals surface area (Å²) in [6, 6.07) is 18.0. The molecule has 2 aromatic carbocycles. The highest BCUT2D eigenvalue weighted by Gasteiger charge is 2.42. The van der Waals surface area contributed by atoms with Crippen LogP contribution in [-0.2, 0) is 14.4 Å². The summed E-state index contributed by atoms with van der Waals surface area (Å²) >= 11 is 0. The summed E-state index contributed by atoms with van der Waals surface area (Å²) in [5, 5.41) is 50.6. The molecule has 242 valence electrons. The summed E-state index contributed by atoms with van der Waals surface area (Å²) in [6.45, 7) is 0. The van der Waals surface area contributed by atoms with Crippen molar-refractivity contribution < 1.29 is 49.4 Å². The first-order valence-corrected chi connectivity index (χ1v) is 13.5. The van der Waals surface area contributed by atoms with Crippen molar-refractivity contribution in [2.24, 2.45) is 11.5 Å². The molecule has 9 N–H and O–H groups in total. The number of benzene rings is 2. The summed E-state index contributed by atoms with van der Waals surface area (Å²) in [7, 11) is 3.28. The monoisotopic (exact) mass is 637 g/mol.